The Bertz CT molecular complexity index is 782. The number of esters is 1. The van der Waals surface area contributed by atoms with Gasteiger partial charge in [0.2, 0.25) is 6.79 Å². The number of carbonyl (C=O) groups is 1. The summed E-state index contributed by atoms with van der Waals surface area (Å²) in [5.74, 6) is 0.540. The van der Waals surface area contributed by atoms with Gasteiger partial charge < -0.3 is 14.2 Å². The molecular formula is C14H12ClNO5S. The van der Waals surface area contributed by atoms with Crippen molar-refractivity contribution < 1.29 is 19.0 Å². The summed E-state index contributed by atoms with van der Waals surface area (Å²) in [6.07, 6.45) is 0. The van der Waals surface area contributed by atoms with Gasteiger partial charge in [0.05, 0.1) is 5.02 Å². The van der Waals surface area contributed by atoms with Crippen LogP contribution in [0.5, 0.6) is 11.5 Å². The van der Waals surface area contributed by atoms with Gasteiger partial charge in [-0.1, -0.05) is 22.9 Å². The predicted molar refractivity (Wildman–Crippen MR) is 80.7 cm³/mol. The minimum Gasteiger partial charge on any atom is -0.459 e. The second-order valence-corrected chi connectivity index (χ2v) is 5.93. The largest absolute Gasteiger partial charge is 0.459 e. The number of aryl methyl sites for hydroxylation is 1. The van der Waals surface area contributed by atoms with Crippen LogP contribution in [-0.4, -0.2) is 17.3 Å². The quantitative estimate of drug-likeness (QED) is 0.798. The first-order valence-electron chi connectivity index (χ1n) is 6.43. The van der Waals surface area contributed by atoms with Gasteiger partial charge in [-0.05, 0) is 24.6 Å². The van der Waals surface area contributed by atoms with E-state index in [0.717, 1.165) is 17.0 Å². The van der Waals surface area contributed by atoms with Crippen LogP contribution in [0.15, 0.2) is 22.3 Å². The molecule has 1 aromatic carbocycles. The van der Waals surface area contributed by atoms with E-state index in [4.69, 9.17) is 25.8 Å². The van der Waals surface area contributed by atoms with E-state index in [1.54, 1.807) is 24.4 Å². The number of carbonyl (C=O) groups excluding carboxylic acids is 1. The molecule has 2 heterocycles. The van der Waals surface area contributed by atoms with E-state index in [0.29, 0.717) is 22.1 Å². The molecule has 1 aromatic heterocycles. The van der Waals surface area contributed by atoms with Crippen LogP contribution in [-0.2, 0) is 22.7 Å². The van der Waals surface area contributed by atoms with Crippen molar-refractivity contribution in [1.29, 1.82) is 0 Å². The molecule has 0 unspecified atom stereocenters. The minimum absolute atomic E-state index is 0.0487. The van der Waals surface area contributed by atoms with E-state index in [1.165, 1.54) is 4.57 Å². The highest BCUT2D eigenvalue weighted by molar-refractivity contribution is 7.07. The van der Waals surface area contributed by atoms with Crippen molar-refractivity contribution in [2.75, 3.05) is 6.79 Å². The molecule has 6 nitrogen and oxygen atoms in total. The summed E-state index contributed by atoms with van der Waals surface area (Å²) in [5, 5.41) is 2.11. The Kier molecular flexibility index (Phi) is 4.08. The molecule has 1 aliphatic heterocycles. The highest BCUT2D eigenvalue weighted by Gasteiger charge is 2.19. The fourth-order valence-corrected chi connectivity index (χ4v) is 3.06. The zero-order chi connectivity index (χ0) is 15.7. The number of ether oxygens (including phenoxy) is 3. The zero-order valence-electron chi connectivity index (χ0n) is 11.6. The summed E-state index contributed by atoms with van der Waals surface area (Å²) < 4.78 is 17.0. The molecule has 0 radical (unpaired) electrons. The molecule has 1 aliphatic rings. The van der Waals surface area contributed by atoms with Gasteiger partial charge in [0.15, 0.2) is 11.5 Å². The Morgan fingerprint density at radius 3 is 3.00 bits per heavy atom. The molecule has 3 rings (SSSR count). The number of thiazole rings is 1. The topological polar surface area (TPSA) is 66.8 Å². The zero-order valence-corrected chi connectivity index (χ0v) is 13.2. The van der Waals surface area contributed by atoms with Crippen molar-refractivity contribution in [3.63, 3.8) is 0 Å². The number of nitrogens with zero attached hydrogens (tertiary/aromatic N) is 1. The van der Waals surface area contributed by atoms with Crippen LogP contribution in [0.1, 0.15) is 11.3 Å². The third-order valence-electron chi connectivity index (χ3n) is 3.15. The number of halogens is 1. The minimum atomic E-state index is -0.489. The van der Waals surface area contributed by atoms with Gasteiger partial charge in [-0.25, -0.2) is 0 Å². The lowest BCUT2D eigenvalue weighted by atomic mass is 10.2. The van der Waals surface area contributed by atoms with Gasteiger partial charge in [0.25, 0.3) is 0 Å². The van der Waals surface area contributed by atoms with E-state index in [2.05, 4.69) is 0 Å². The Balaban J connectivity index is 1.64. The molecule has 0 bridgehead atoms. The molecular weight excluding hydrogens is 330 g/mol. The highest BCUT2D eigenvalue weighted by Crippen LogP contribution is 2.39. The van der Waals surface area contributed by atoms with Gasteiger partial charge in [-0.15, -0.1) is 0 Å². The van der Waals surface area contributed by atoms with E-state index < -0.39 is 5.97 Å². The number of hydrogen-bond acceptors (Lipinski definition) is 6. The van der Waals surface area contributed by atoms with Gasteiger partial charge >= 0.3 is 10.8 Å². The Labute approximate surface area is 134 Å². The van der Waals surface area contributed by atoms with E-state index >= 15 is 0 Å². The van der Waals surface area contributed by atoms with Crippen LogP contribution in [0, 0.1) is 6.92 Å². The summed E-state index contributed by atoms with van der Waals surface area (Å²) in [6.45, 7) is 1.83. The fraction of sp³-hybridized carbons (Fsp3) is 0.286. The fourth-order valence-electron chi connectivity index (χ4n) is 2.04. The lowest BCUT2D eigenvalue weighted by Crippen LogP contribution is -2.22. The Morgan fingerprint density at radius 1 is 1.45 bits per heavy atom. The Hall–Kier alpha value is -1.99. The molecule has 22 heavy (non-hydrogen) atoms. The van der Waals surface area contributed by atoms with Crippen LogP contribution in [0.4, 0.5) is 0 Å². The van der Waals surface area contributed by atoms with E-state index in [1.807, 2.05) is 0 Å². The second kappa shape index (κ2) is 6.02. The molecule has 0 fully saturated rings. The maximum atomic E-state index is 11.8. The highest BCUT2D eigenvalue weighted by atomic mass is 35.5. The molecule has 0 spiro atoms. The van der Waals surface area contributed by atoms with Crippen molar-refractivity contribution in [3.05, 3.63) is 43.5 Å². The van der Waals surface area contributed by atoms with Crippen molar-refractivity contribution >= 4 is 28.9 Å². The second-order valence-electron chi connectivity index (χ2n) is 4.70. The number of fused-ring (bicyclic) bond motifs is 1. The monoisotopic (exact) mass is 341 g/mol. The molecule has 0 amide bonds. The number of benzene rings is 1. The molecule has 0 aliphatic carbocycles. The average Bonchev–Trinajstić information content (AvgIpc) is 3.07. The number of hydrogen-bond donors (Lipinski definition) is 0. The third kappa shape index (κ3) is 2.95. The van der Waals surface area contributed by atoms with Crippen molar-refractivity contribution in [2.24, 2.45) is 0 Å². The number of rotatable bonds is 4. The molecule has 2 aromatic rings. The van der Waals surface area contributed by atoms with Gasteiger partial charge in [0.1, 0.15) is 13.2 Å². The molecule has 0 saturated heterocycles. The predicted octanol–water partition coefficient (Wildman–Crippen LogP) is 2.34. The summed E-state index contributed by atoms with van der Waals surface area (Å²) >= 11 is 7.11. The molecule has 0 saturated carbocycles. The smallest absolute Gasteiger partial charge is 0.326 e. The van der Waals surface area contributed by atoms with Crippen LogP contribution in [0.3, 0.4) is 0 Å². The summed E-state index contributed by atoms with van der Waals surface area (Å²) in [4.78, 5) is 23.2. The molecule has 8 heteroatoms. The standard InChI is InChI=1S/C14H12ClNO5S/c1-8-6-22-14(18)16(8)4-12(17)19-5-9-2-10(15)13-11(3-9)20-7-21-13/h2-3,6H,4-5,7H2,1H3. The molecule has 116 valence electrons. The maximum absolute atomic E-state index is 11.8. The summed E-state index contributed by atoms with van der Waals surface area (Å²) in [6, 6.07) is 3.37. The van der Waals surface area contributed by atoms with Gasteiger partial charge in [-0.2, -0.15) is 0 Å². The van der Waals surface area contributed by atoms with E-state index in [9.17, 15) is 9.59 Å². The van der Waals surface area contributed by atoms with Crippen molar-refractivity contribution in [2.45, 2.75) is 20.1 Å². The normalized spacial score (nSPS) is 12.5. The maximum Gasteiger partial charge on any atom is 0.326 e. The van der Waals surface area contributed by atoms with Crippen molar-refractivity contribution in [3.8, 4) is 11.5 Å². The summed E-state index contributed by atoms with van der Waals surface area (Å²) in [5.41, 5.74) is 1.43. The first-order chi connectivity index (χ1) is 10.5. The van der Waals surface area contributed by atoms with Crippen molar-refractivity contribution in [1.82, 2.24) is 4.57 Å². The van der Waals surface area contributed by atoms with Crippen LogP contribution in [0.25, 0.3) is 0 Å². The third-order valence-corrected chi connectivity index (χ3v) is 4.31. The lowest BCUT2D eigenvalue weighted by molar-refractivity contribution is -0.145. The van der Waals surface area contributed by atoms with Gasteiger partial charge in [0, 0.05) is 11.1 Å². The van der Waals surface area contributed by atoms with Gasteiger partial charge in [-0.3, -0.25) is 14.2 Å². The summed E-state index contributed by atoms with van der Waals surface area (Å²) in [7, 11) is 0. The van der Waals surface area contributed by atoms with Crippen LogP contribution in [0.2, 0.25) is 5.02 Å². The first kappa shape index (κ1) is 14.9. The van der Waals surface area contributed by atoms with Crippen LogP contribution < -0.4 is 14.3 Å². The lowest BCUT2D eigenvalue weighted by Gasteiger charge is -2.08. The van der Waals surface area contributed by atoms with Crippen LogP contribution >= 0.6 is 22.9 Å². The SMILES string of the molecule is Cc1csc(=O)n1CC(=O)OCc1cc(Cl)c2c(c1)OCO2. The first-order valence-corrected chi connectivity index (χ1v) is 7.69. The van der Waals surface area contributed by atoms with E-state index in [-0.39, 0.29) is 24.8 Å². The average molecular weight is 342 g/mol. The molecule has 0 atom stereocenters. The number of aromatic nitrogens is 1. The Morgan fingerprint density at radius 2 is 2.27 bits per heavy atom. The molecule has 0 N–H and O–H groups in total.